The van der Waals surface area contributed by atoms with Crippen LogP contribution in [0.15, 0.2) is 40.7 Å². The number of guanidine groups is 1. The van der Waals surface area contributed by atoms with Crippen LogP contribution in [0, 0.1) is 0 Å². The number of halogens is 3. The second kappa shape index (κ2) is 6.36. The number of hydrogen-bond acceptors (Lipinski definition) is 5. The molecule has 2 amide bonds. The fourth-order valence-electron chi connectivity index (χ4n) is 2.60. The van der Waals surface area contributed by atoms with Crippen LogP contribution in [0.3, 0.4) is 0 Å². The van der Waals surface area contributed by atoms with Crippen molar-refractivity contribution in [2.45, 2.75) is 32.5 Å². The number of anilines is 1. The molecule has 0 aromatic heterocycles. The molecule has 0 aliphatic carbocycles. The van der Waals surface area contributed by atoms with E-state index in [1.165, 1.54) is 17.1 Å². The largest absolute Gasteiger partial charge is 0.418 e. The van der Waals surface area contributed by atoms with Crippen molar-refractivity contribution in [3.63, 3.8) is 0 Å². The van der Waals surface area contributed by atoms with Gasteiger partial charge < -0.3 is 5.32 Å². The van der Waals surface area contributed by atoms with Gasteiger partial charge in [-0.15, -0.1) is 0 Å². The molecule has 0 bridgehead atoms. The number of nitrogens with one attached hydrogen (secondary N) is 3. The molecule has 7 nitrogen and oxygen atoms in total. The van der Waals surface area contributed by atoms with E-state index in [0.717, 1.165) is 17.7 Å². The lowest BCUT2D eigenvalue weighted by atomic mass is 10.1. The Bertz CT molecular complexity index is 827. The number of para-hydroxylation sites is 1. The number of alkyl halides is 3. The summed E-state index contributed by atoms with van der Waals surface area (Å²) in [4.78, 5) is 28.6. The summed E-state index contributed by atoms with van der Waals surface area (Å²) in [6.07, 6.45) is -4.83. The number of nitrogens with zero attached hydrogens (tertiary/aromatic N) is 2. The number of rotatable bonds is 2. The van der Waals surface area contributed by atoms with E-state index < -0.39 is 29.6 Å². The van der Waals surface area contributed by atoms with Crippen LogP contribution >= 0.6 is 0 Å². The van der Waals surface area contributed by atoms with E-state index in [1.54, 1.807) is 13.8 Å². The summed E-state index contributed by atoms with van der Waals surface area (Å²) in [6.45, 7) is 3.59. The molecule has 2 aliphatic rings. The molecule has 1 aromatic carbocycles. The van der Waals surface area contributed by atoms with Crippen LogP contribution in [0.5, 0.6) is 0 Å². The van der Waals surface area contributed by atoms with E-state index in [2.05, 4.69) is 21.1 Å². The average Bonchev–Trinajstić information content (AvgIpc) is 2.97. The molecule has 1 fully saturated rings. The Morgan fingerprint density at radius 1 is 1.31 bits per heavy atom. The minimum Gasteiger partial charge on any atom is -0.324 e. The Kier molecular flexibility index (Phi) is 4.34. The molecule has 1 saturated heterocycles. The maximum absolute atomic E-state index is 13.1. The van der Waals surface area contributed by atoms with Crippen molar-refractivity contribution in [2.75, 3.05) is 5.32 Å². The van der Waals surface area contributed by atoms with Gasteiger partial charge in [0.1, 0.15) is 11.9 Å². The first-order valence-electron chi connectivity index (χ1n) is 7.76. The highest BCUT2D eigenvalue weighted by molar-refractivity contribution is 6.07. The van der Waals surface area contributed by atoms with Gasteiger partial charge in [0.2, 0.25) is 17.8 Å². The topological polar surface area (TPSA) is 85.8 Å². The number of fused-ring (bicyclic) bond motifs is 1. The summed E-state index contributed by atoms with van der Waals surface area (Å²) in [6, 6.07) is 3.63. The number of hydrazine groups is 1. The number of benzene rings is 1. The fraction of sp³-hybridized carbons (Fsp3) is 0.312. The van der Waals surface area contributed by atoms with Crippen molar-refractivity contribution in [2.24, 2.45) is 4.99 Å². The first kappa shape index (κ1) is 17.8. The zero-order valence-corrected chi connectivity index (χ0v) is 13.9. The van der Waals surface area contributed by atoms with Gasteiger partial charge in [-0.25, -0.2) is 5.01 Å². The third-order valence-electron chi connectivity index (χ3n) is 3.88. The van der Waals surface area contributed by atoms with Crippen molar-refractivity contribution in [3.05, 3.63) is 41.2 Å². The third kappa shape index (κ3) is 3.35. The molecule has 138 valence electrons. The van der Waals surface area contributed by atoms with Gasteiger partial charge in [-0.3, -0.25) is 20.3 Å². The van der Waals surface area contributed by atoms with Gasteiger partial charge in [0.25, 0.3) is 0 Å². The average molecular weight is 367 g/mol. The first-order valence-corrected chi connectivity index (χ1v) is 7.76. The van der Waals surface area contributed by atoms with Gasteiger partial charge in [0.05, 0.1) is 17.7 Å². The van der Waals surface area contributed by atoms with Gasteiger partial charge in [-0.05, 0) is 31.6 Å². The molecule has 1 aromatic rings. The van der Waals surface area contributed by atoms with Gasteiger partial charge in [-0.1, -0.05) is 12.1 Å². The zero-order valence-electron chi connectivity index (χ0n) is 13.9. The van der Waals surface area contributed by atoms with E-state index in [-0.39, 0.29) is 18.1 Å². The molecule has 10 heteroatoms. The van der Waals surface area contributed by atoms with Crippen LogP contribution in [0.1, 0.15) is 25.8 Å². The Balaban J connectivity index is 1.86. The second-order valence-electron chi connectivity index (χ2n) is 6.07. The quantitative estimate of drug-likeness (QED) is 0.746. The Hall–Kier alpha value is -3.04. The molecule has 1 atom stereocenters. The molecule has 26 heavy (non-hydrogen) atoms. The SMILES string of the molecule is CC(C)=C1N=C2NC(=O)CC(C(=O)Nc3ccccc3C(F)(F)F)N2N1. The minimum atomic E-state index is -4.61. The Morgan fingerprint density at radius 2 is 2.00 bits per heavy atom. The number of allylic oxidation sites excluding steroid dienone is 1. The predicted molar refractivity (Wildman–Crippen MR) is 87.4 cm³/mol. The number of carbonyl (C=O) groups is 2. The lowest BCUT2D eigenvalue weighted by Gasteiger charge is -2.32. The van der Waals surface area contributed by atoms with Crippen molar-refractivity contribution >= 4 is 23.5 Å². The van der Waals surface area contributed by atoms with Crippen molar-refractivity contribution < 1.29 is 22.8 Å². The molecular weight excluding hydrogens is 351 g/mol. The molecular formula is C16H16F3N5O2. The highest BCUT2D eigenvalue weighted by Crippen LogP contribution is 2.34. The molecule has 3 rings (SSSR count). The van der Waals surface area contributed by atoms with E-state index in [4.69, 9.17) is 0 Å². The Labute approximate surface area is 146 Å². The van der Waals surface area contributed by atoms with Crippen molar-refractivity contribution in [1.82, 2.24) is 15.8 Å². The van der Waals surface area contributed by atoms with Crippen LogP contribution in [0.2, 0.25) is 0 Å². The molecule has 2 aliphatic heterocycles. The summed E-state index contributed by atoms with van der Waals surface area (Å²) in [5.74, 6) is -0.579. The van der Waals surface area contributed by atoms with E-state index in [9.17, 15) is 22.8 Å². The zero-order chi connectivity index (χ0) is 19.1. The molecule has 0 saturated carbocycles. The van der Waals surface area contributed by atoms with Crippen molar-refractivity contribution in [3.8, 4) is 0 Å². The smallest absolute Gasteiger partial charge is 0.324 e. The van der Waals surface area contributed by atoms with Crippen LogP contribution in [-0.2, 0) is 15.8 Å². The number of hydrogen-bond donors (Lipinski definition) is 3. The molecule has 0 spiro atoms. The fourth-order valence-corrected chi connectivity index (χ4v) is 2.60. The van der Waals surface area contributed by atoms with Crippen LogP contribution in [-0.4, -0.2) is 28.8 Å². The summed E-state index contributed by atoms with van der Waals surface area (Å²) in [5, 5.41) is 6.14. The standard InChI is InChI=1S/C16H16F3N5O2/c1-8(2)13-22-15-21-12(25)7-11(24(15)23-13)14(26)20-10-6-4-3-5-9(10)16(17,18)19/h3-6,11,23H,7H2,1-2H3,(H,20,26)(H,21,22,25). The highest BCUT2D eigenvalue weighted by atomic mass is 19.4. The summed E-state index contributed by atoms with van der Waals surface area (Å²) in [7, 11) is 0. The van der Waals surface area contributed by atoms with Gasteiger partial charge in [0, 0.05) is 0 Å². The van der Waals surface area contributed by atoms with Crippen LogP contribution in [0.4, 0.5) is 18.9 Å². The van der Waals surface area contributed by atoms with E-state index >= 15 is 0 Å². The number of aliphatic imine (C=N–C) groups is 1. The van der Waals surface area contributed by atoms with Gasteiger partial charge >= 0.3 is 6.18 Å². The summed E-state index contributed by atoms with van der Waals surface area (Å²) < 4.78 is 39.3. The third-order valence-corrected chi connectivity index (χ3v) is 3.88. The van der Waals surface area contributed by atoms with E-state index in [0.29, 0.717) is 5.82 Å². The number of amides is 2. The first-order chi connectivity index (χ1) is 12.2. The Morgan fingerprint density at radius 3 is 2.65 bits per heavy atom. The van der Waals surface area contributed by atoms with Gasteiger partial charge in [0.15, 0.2) is 0 Å². The van der Waals surface area contributed by atoms with Crippen LogP contribution < -0.4 is 16.1 Å². The molecule has 0 radical (unpaired) electrons. The monoisotopic (exact) mass is 367 g/mol. The summed E-state index contributed by atoms with van der Waals surface area (Å²) in [5.41, 5.74) is 2.39. The molecule has 1 unspecified atom stereocenters. The second-order valence-corrected chi connectivity index (χ2v) is 6.07. The number of carbonyl (C=O) groups excluding carboxylic acids is 2. The normalized spacial score (nSPS) is 19.3. The summed E-state index contributed by atoms with van der Waals surface area (Å²) >= 11 is 0. The lowest BCUT2D eigenvalue weighted by Crippen LogP contribution is -2.61. The highest BCUT2D eigenvalue weighted by Gasteiger charge is 2.41. The van der Waals surface area contributed by atoms with Crippen LogP contribution in [0.25, 0.3) is 0 Å². The van der Waals surface area contributed by atoms with Crippen molar-refractivity contribution in [1.29, 1.82) is 0 Å². The minimum absolute atomic E-state index is 0.140. The maximum Gasteiger partial charge on any atom is 0.418 e. The maximum atomic E-state index is 13.1. The van der Waals surface area contributed by atoms with E-state index in [1.807, 2.05) is 0 Å². The molecule has 3 N–H and O–H groups in total. The van der Waals surface area contributed by atoms with Gasteiger partial charge in [-0.2, -0.15) is 18.2 Å². The predicted octanol–water partition coefficient (Wildman–Crippen LogP) is 1.96. The lowest BCUT2D eigenvalue weighted by molar-refractivity contribution is -0.137. The molecule has 2 heterocycles.